The molecule has 1 aliphatic heterocycles. The summed E-state index contributed by atoms with van der Waals surface area (Å²) < 4.78 is 6.80. The molecule has 0 bridgehead atoms. The van der Waals surface area contributed by atoms with Crippen molar-refractivity contribution in [3.05, 3.63) is 47.0 Å². The Hall–Kier alpha value is -3.16. The number of benzene rings is 1. The van der Waals surface area contributed by atoms with Gasteiger partial charge < -0.3 is 19.9 Å². The van der Waals surface area contributed by atoms with Gasteiger partial charge in [0.05, 0.1) is 17.9 Å². The first kappa shape index (κ1) is 20.6. The SMILES string of the molecule is CCOC(=O)c1ccc(NC(=O)c2nc(C(=O)NC(C)C)n3c2CCCC3)cc1. The number of carbonyl (C=O) groups excluding carboxylic acids is 3. The van der Waals surface area contributed by atoms with Crippen LogP contribution in [-0.4, -0.2) is 40.0 Å². The Morgan fingerprint density at radius 3 is 2.52 bits per heavy atom. The fourth-order valence-electron chi connectivity index (χ4n) is 3.32. The quantitative estimate of drug-likeness (QED) is 0.729. The molecule has 0 saturated heterocycles. The van der Waals surface area contributed by atoms with Crippen LogP contribution in [0.3, 0.4) is 0 Å². The Bertz CT molecular complexity index is 916. The normalized spacial score (nSPS) is 13.0. The van der Waals surface area contributed by atoms with Gasteiger partial charge in [-0.05, 0) is 64.3 Å². The average molecular weight is 398 g/mol. The zero-order valence-electron chi connectivity index (χ0n) is 16.9. The topological polar surface area (TPSA) is 102 Å². The highest BCUT2D eigenvalue weighted by molar-refractivity contribution is 6.05. The van der Waals surface area contributed by atoms with Gasteiger partial charge >= 0.3 is 5.97 Å². The number of amides is 2. The lowest BCUT2D eigenvalue weighted by Crippen LogP contribution is -2.33. The van der Waals surface area contributed by atoms with E-state index in [9.17, 15) is 14.4 Å². The van der Waals surface area contributed by atoms with Crippen LogP contribution >= 0.6 is 0 Å². The molecule has 0 unspecified atom stereocenters. The van der Waals surface area contributed by atoms with Gasteiger partial charge in [-0.15, -0.1) is 0 Å². The molecule has 8 heteroatoms. The zero-order chi connectivity index (χ0) is 21.0. The van der Waals surface area contributed by atoms with E-state index >= 15 is 0 Å². The number of anilines is 1. The summed E-state index contributed by atoms with van der Waals surface area (Å²) in [5.41, 5.74) is 2.00. The predicted molar refractivity (Wildman–Crippen MR) is 108 cm³/mol. The first-order chi connectivity index (χ1) is 13.9. The highest BCUT2D eigenvalue weighted by atomic mass is 16.5. The van der Waals surface area contributed by atoms with Crippen molar-refractivity contribution < 1.29 is 19.1 Å². The van der Waals surface area contributed by atoms with Crippen molar-refractivity contribution in [1.82, 2.24) is 14.9 Å². The molecule has 0 radical (unpaired) electrons. The number of imidazole rings is 1. The summed E-state index contributed by atoms with van der Waals surface area (Å²) >= 11 is 0. The van der Waals surface area contributed by atoms with Crippen LogP contribution in [0.2, 0.25) is 0 Å². The number of rotatable bonds is 6. The minimum Gasteiger partial charge on any atom is -0.462 e. The van der Waals surface area contributed by atoms with Gasteiger partial charge in [0.25, 0.3) is 11.8 Å². The summed E-state index contributed by atoms with van der Waals surface area (Å²) in [6.07, 6.45) is 2.60. The molecule has 2 N–H and O–H groups in total. The second-order valence-corrected chi connectivity index (χ2v) is 7.22. The molecule has 3 rings (SSSR count). The van der Waals surface area contributed by atoms with Crippen molar-refractivity contribution in [2.75, 3.05) is 11.9 Å². The van der Waals surface area contributed by atoms with E-state index in [1.165, 1.54) is 0 Å². The minimum absolute atomic E-state index is 0.0192. The summed E-state index contributed by atoms with van der Waals surface area (Å²) in [5.74, 6) is -0.783. The van der Waals surface area contributed by atoms with E-state index in [4.69, 9.17) is 4.74 Å². The fraction of sp³-hybridized carbons (Fsp3) is 0.429. The number of esters is 1. The molecule has 0 saturated carbocycles. The molecule has 8 nitrogen and oxygen atoms in total. The van der Waals surface area contributed by atoms with Crippen molar-refractivity contribution in [3.63, 3.8) is 0 Å². The number of aromatic nitrogens is 2. The van der Waals surface area contributed by atoms with E-state index in [2.05, 4.69) is 15.6 Å². The number of nitrogens with one attached hydrogen (secondary N) is 2. The van der Waals surface area contributed by atoms with E-state index < -0.39 is 5.97 Å². The van der Waals surface area contributed by atoms with E-state index in [0.29, 0.717) is 30.8 Å². The maximum Gasteiger partial charge on any atom is 0.338 e. The van der Waals surface area contributed by atoms with Crippen LogP contribution in [0.25, 0.3) is 0 Å². The Morgan fingerprint density at radius 1 is 1.14 bits per heavy atom. The first-order valence-corrected chi connectivity index (χ1v) is 9.89. The summed E-state index contributed by atoms with van der Waals surface area (Å²) in [6, 6.07) is 6.45. The smallest absolute Gasteiger partial charge is 0.338 e. The Labute approximate surface area is 169 Å². The number of fused-ring (bicyclic) bond motifs is 1. The molecule has 1 aromatic heterocycles. The van der Waals surface area contributed by atoms with Crippen LogP contribution in [-0.2, 0) is 17.7 Å². The van der Waals surface area contributed by atoms with Crippen LogP contribution in [0.4, 0.5) is 5.69 Å². The molecular formula is C21H26N4O4. The van der Waals surface area contributed by atoms with Gasteiger partial charge in [-0.1, -0.05) is 0 Å². The Balaban J connectivity index is 1.81. The summed E-state index contributed by atoms with van der Waals surface area (Å²) in [4.78, 5) is 41.5. The third-order valence-electron chi connectivity index (χ3n) is 4.61. The summed E-state index contributed by atoms with van der Waals surface area (Å²) in [5, 5.41) is 5.64. The van der Waals surface area contributed by atoms with E-state index in [1.807, 2.05) is 18.4 Å². The Kier molecular flexibility index (Phi) is 6.31. The lowest BCUT2D eigenvalue weighted by atomic mass is 10.1. The maximum absolute atomic E-state index is 12.9. The van der Waals surface area contributed by atoms with Crippen LogP contribution < -0.4 is 10.6 Å². The third kappa shape index (κ3) is 4.64. The Morgan fingerprint density at radius 2 is 1.86 bits per heavy atom. The van der Waals surface area contributed by atoms with Crippen molar-refractivity contribution in [1.29, 1.82) is 0 Å². The van der Waals surface area contributed by atoms with Crippen LogP contribution in [0.5, 0.6) is 0 Å². The molecule has 2 amide bonds. The van der Waals surface area contributed by atoms with Gasteiger partial charge in [0, 0.05) is 18.3 Å². The molecule has 2 aromatic rings. The van der Waals surface area contributed by atoms with E-state index in [-0.39, 0.29) is 29.4 Å². The number of nitrogens with zero attached hydrogens (tertiary/aromatic N) is 2. The summed E-state index contributed by atoms with van der Waals surface area (Å²) in [6.45, 7) is 6.48. The number of hydrogen-bond donors (Lipinski definition) is 2. The predicted octanol–water partition coefficient (Wildman–Crippen LogP) is 2.79. The molecule has 29 heavy (non-hydrogen) atoms. The fourth-order valence-corrected chi connectivity index (χ4v) is 3.32. The van der Waals surface area contributed by atoms with Gasteiger partial charge in [0.1, 0.15) is 0 Å². The third-order valence-corrected chi connectivity index (χ3v) is 4.61. The lowest BCUT2D eigenvalue weighted by molar-refractivity contribution is 0.0526. The van der Waals surface area contributed by atoms with Crippen molar-refractivity contribution in [2.24, 2.45) is 0 Å². The van der Waals surface area contributed by atoms with E-state index in [0.717, 1.165) is 18.5 Å². The zero-order valence-corrected chi connectivity index (χ0v) is 16.9. The molecule has 154 valence electrons. The average Bonchev–Trinajstić information content (AvgIpc) is 3.08. The standard InChI is InChI=1S/C21H26N4O4/c1-4-29-21(28)14-8-10-15(11-9-14)23-19(26)17-16-7-5-6-12-25(16)18(24-17)20(27)22-13(2)3/h8-11,13H,4-7,12H2,1-3H3,(H,22,27)(H,23,26). The molecule has 0 spiro atoms. The summed E-state index contributed by atoms with van der Waals surface area (Å²) in [7, 11) is 0. The minimum atomic E-state index is -0.408. The van der Waals surface area contributed by atoms with E-state index in [1.54, 1.807) is 31.2 Å². The largest absolute Gasteiger partial charge is 0.462 e. The van der Waals surface area contributed by atoms with Gasteiger partial charge in [-0.3, -0.25) is 9.59 Å². The van der Waals surface area contributed by atoms with Gasteiger partial charge in [0.2, 0.25) is 0 Å². The first-order valence-electron chi connectivity index (χ1n) is 9.89. The highest BCUT2D eigenvalue weighted by Crippen LogP contribution is 2.22. The molecule has 0 aliphatic carbocycles. The molecule has 2 heterocycles. The van der Waals surface area contributed by atoms with Gasteiger partial charge in [-0.2, -0.15) is 0 Å². The molecule has 0 atom stereocenters. The maximum atomic E-state index is 12.9. The van der Waals surface area contributed by atoms with Crippen LogP contribution in [0.1, 0.15) is 70.8 Å². The van der Waals surface area contributed by atoms with Gasteiger partial charge in [-0.25, -0.2) is 9.78 Å². The lowest BCUT2D eigenvalue weighted by Gasteiger charge is -2.17. The molecule has 1 aliphatic rings. The number of ether oxygens (including phenoxy) is 1. The van der Waals surface area contributed by atoms with Crippen molar-refractivity contribution in [3.8, 4) is 0 Å². The molecule has 0 fully saturated rings. The second kappa shape index (κ2) is 8.89. The van der Waals surface area contributed by atoms with Crippen LogP contribution in [0.15, 0.2) is 24.3 Å². The number of hydrogen-bond acceptors (Lipinski definition) is 5. The molecule has 1 aromatic carbocycles. The molecular weight excluding hydrogens is 372 g/mol. The number of carbonyl (C=O) groups is 3. The monoisotopic (exact) mass is 398 g/mol. The van der Waals surface area contributed by atoms with Crippen molar-refractivity contribution >= 4 is 23.5 Å². The second-order valence-electron chi connectivity index (χ2n) is 7.22. The van der Waals surface area contributed by atoms with Crippen molar-refractivity contribution in [2.45, 2.75) is 52.6 Å². The van der Waals surface area contributed by atoms with Crippen LogP contribution in [0, 0.1) is 0 Å². The highest BCUT2D eigenvalue weighted by Gasteiger charge is 2.27. The van der Waals surface area contributed by atoms with Gasteiger partial charge in [0.15, 0.2) is 11.5 Å².